The lowest BCUT2D eigenvalue weighted by molar-refractivity contribution is -0.129. The molecule has 0 bridgehead atoms. The third-order valence-electron chi connectivity index (χ3n) is 5.27. The van der Waals surface area contributed by atoms with E-state index in [0.717, 1.165) is 24.2 Å². The topological polar surface area (TPSA) is 77.7 Å². The molecule has 1 aromatic heterocycles. The molecule has 1 saturated heterocycles. The van der Waals surface area contributed by atoms with Crippen molar-refractivity contribution in [2.24, 2.45) is 0 Å². The molecule has 26 heavy (non-hydrogen) atoms. The zero-order chi connectivity index (χ0) is 18.3. The van der Waals surface area contributed by atoms with Crippen molar-refractivity contribution in [3.63, 3.8) is 0 Å². The number of hydrogen-bond acceptors (Lipinski definition) is 6. The first-order valence-electron chi connectivity index (χ1n) is 8.95. The molecule has 2 atom stereocenters. The fourth-order valence-electron chi connectivity index (χ4n) is 3.48. The van der Waals surface area contributed by atoms with Gasteiger partial charge in [0.15, 0.2) is 17.3 Å². The number of nitrogens with zero attached hydrogens (tertiary/aromatic N) is 3. The van der Waals surface area contributed by atoms with Gasteiger partial charge in [0, 0.05) is 18.9 Å². The summed E-state index contributed by atoms with van der Waals surface area (Å²) in [5.41, 5.74) is 1.00. The SMILES string of the molecule is COc1ccc(C(C)N2CC(c3nc(C4CC4)no3)CC2=O)cc1OC. The molecule has 1 aromatic carbocycles. The summed E-state index contributed by atoms with van der Waals surface area (Å²) in [4.78, 5) is 19.0. The maximum absolute atomic E-state index is 12.6. The molecule has 7 nitrogen and oxygen atoms in total. The maximum Gasteiger partial charge on any atom is 0.232 e. The van der Waals surface area contributed by atoms with E-state index in [1.807, 2.05) is 30.0 Å². The first-order valence-corrected chi connectivity index (χ1v) is 8.95. The Morgan fingerprint density at radius 1 is 1.19 bits per heavy atom. The van der Waals surface area contributed by atoms with Crippen molar-refractivity contribution in [3.05, 3.63) is 35.5 Å². The van der Waals surface area contributed by atoms with Crippen LogP contribution in [0.3, 0.4) is 0 Å². The number of likely N-dealkylation sites (tertiary alicyclic amines) is 1. The molecule has 2 heterocycles. The molecule has 2 unspecified atom stereocenters. The third kappa shape index (κ3) is 3.02. The molecular formula is C19H23N3O4. The molecule has 1 amide bonds. The summed E-state index contributed by atoms with van der Waals surface area (Å²) in [5, 5.41) is 4.07. The number of carbonyl (C=O) groups excluding carboxylic acids is 1. The normalized spacial score (nSPS) is 21.1. The lowest BCUT2D eigenvalue weighted by atomic mass is 10.1. The van der Waals surface area contributed by atoms with Gasteiger partial charge in [0.05, 0.1) is 26.2 Å². The van der Waals surface area contributed by atoms with Crippen LogP contribution >= 0.6 is 0 Å². The smallest absolute Gasteiger partial charge is 0.232 e. The molecule has 0 N–H and O–H groups in total. The highest BCUT2D eigenvalue weighted by atomic mass is 16.5. The van der Waals surface area contributed by atoms with Crippen LogP contribution in [0.2, 0.25) is 0 Å². The summed E-state index contributed by atoms with van der Waals surface area (Å²) in [7, 11) is 3.21. The van der Waals surface area contributed by atoms with Crippen molar-refractivity contribution in [3.8, 4) is 11.5 Å². The summed E-state index contributed by atoms with van der Waals surface area (Å²) < 4.78 is 16.1. The summed E-state index contributed by atoms with van der Waals surface area (Å²) in [6, 6.07) is 5.67. The average Bonchev–Trinajstić information content (AvgIpc) is 3.26. The van der Waals surface area contributed by atoms with Crippen molar-refractivity contribution in [2.45, 2.75) is 44.1 Å². The quantitative estimate of drug-likeness (QED) is 0.791. The predicted octanol–water partition coefficient (Wildman–Crippen LogP) is 3.04. The molecule has 1 saturated carbocycles. The van der Waals surface area contributed by atoms with Gasteiger partial charge < -0.3 is 18.9 Å². The van der Waals surface area contributed by atoms with Crippen molar-refractivity contribution in [2.75, 3.05) is 20.8 Å². The van der Waals surface area contributed by atoms with Gasteiger partial charge in [-0.05, 0) is 37.5 Å². The maximum atomic E-state index is 12.6. The Hall–Kier alpha value is -2.57. The molecule has 4 rings (SSSR count). The van der Waals surface area contributed by atoms with Crippen LogP contribution in [-0.2, 0) is 4.79 Å². The Morgan fingerprint density at radius 2 is 1.96 bits per heavy atom. The molecule has 2 fully saturated rings. The number of aromatic nitrogens is 2. The van der Waals surface area contributed by atoms with Gasteiger partial charge in [-0.3, -0.25) is 4.79 Å². The van der Waals surface area contributed by atoms with Crippen molar-refractivity contribution in [1.82, 2.24) is 15.0 Å². The molecule has 7 heteroatoms. The Kier molecular flexibility index (Phi) is 4.30. The summed E-state index contributed by atoms with van der Waals surface area (Å²) >= 11 is 0. The molecule has 138 valence electrons. The van der Waals surface area contributed by atoms with E-state index in [2.05, 4.69) is 10.1 Å². The minimum atomic E-state index is -0.0712. The fourth-order valence-corrected chi connectivity index (χ4v) is 3.48. The van der Waals surface area contributed by atoms with Crippen LogP contribution < -0.4 is 9.47 Å². The van der Waals surface area contributed by atoms with E-state index in [1.54, 1.807) is 14.2 Å². The molecule has 0 radical (unpaired) electrons. The van der Waals surface area contributed by atoms with Gasteiger partial charge in [-0.1, -0.05) is 11.2 Å². The van der Waals surface area contributed by atoms with Crippen molar-refractivity contribution < 1.29 is 18.8 Å². The monoisotopic (exact) mass is 357 g/mol. The number of rotatable bonds is 6. The number of benzene rings is 1. The second kappa shape index (κ2) is 6.63. The van der Waals surface area contributed by atoms with Gasteiger partial charge in [-0.2, -0.15) is 4.98 Å². The van der Waals surface area contributed by atoms with Crippen LogP contribution in [-0.4, -0.2) is 41.7 Å². The van der Waals surface area contributed by atoms with Crippen LogP contribution in [0.25, 0.3) is 0 Å². The first-order chi connectivity index (χ1) is 12.6. The second-order valence-corrected chi connectivity index (χ2v) is 7.00. The lowest BCUT2D eigenvalue weighted by Gasteiger charge is -2.25. The van der Waals surface area contributed by atoms with Gasteiger partial charge in [0.2, 0.25) is 11.8 Å². The third-order valence-corrected chi connectivity index (χ3v) is 5.27. The number of hydrogen-bond donors (Lipinski definition) is 0. The zero-order valence-corrected chi connectivity index (χ0v) is 15.3. The first kappa shape index (κ1) is 16.9. The Balaban J connectivity index is 1.51. The molecule has 0 spiro atoms. The highest BCUT2D eigenvalue weighted by Gasteiger charge is 2.38. The van der Waals surface area contributed by atoms with Crippen LogP contribution in [0, 0.1) is 0 Å². The second-order valence-electron chi connectivity index (χ2n) is 7.00. The van der Waals surface area contributed by atoms with E-state index in [4.69, 9.17) is 14.0 Å². The Labute approximate surface area is 152 Å². The van der Waals surface area contributed by atoms with E-state index in [1.165, 1.54) is 0 Å². The van der Waals surface area contributed by atoms with Crippen LogP contribution in [0.5, 0.6) is 11.5 Å². The molecule has 2 aliphatic rings. The van der Waals surface area contributed by atoms with Gasteiger partial charge >= 0.3 is 0 Å². The van der Waals surface area contributed by atoms with Gasteiger partial charge in [-0.15, -0.1) is 0 Å². The number of methoxy groups -OCH3 is 2. The molecule has 2 aromatic rings. The van der Waals surface area contributed by atoms with E-state index in [-0.39, 0.29) is 17.9 Å². The Morgan fingerprint density at radius 3 is 2.65 bits per heavy atom. The zero-order valence-electron chi connectivity index (χ0n) is 15.3. The standard InChI is InChI=1S/C19H23N3O4/c1-11(13-6-7-15(24-2)16(8-13)25-3)22-10-14(9-17(22)23)19-20-18(21-26-19)12-4-5-12/h6-8,11-12,14H,4-5,9-10H2,1-3H3. The van der Waals surface area contributed by atoms with Gasteiger partial charge in [-0.25, -0.2) is 0 Å². The van der Waals surface area contributed by atoms with E-state index in [9.17, 15) is 4.79 Å². The van der Waals surface area contributed by atoms with E-state index in [0.29, 0.717) is 36.3 Å². The van der Waals surface area contributed by atoms with Crippen molar-refractivity contribution >= 4 is 5.91 Å². The average molecular weight is 357 g/mol. The highest BCUT2D eigenvalue weighted by molar-refractivity contribution is 5.80. The number of amides is 1. The minimum absolute atomic E-state index is 0.0370. The fraction of sp³-hybridized carbons (Fsp3) is 0.526. The van der Waals surface area contributed by atoms with Gasteiger partial charge in [0.1, 0.15) is 0 Å². The largest absolute Gasteiger partial charge is 0.493 e. The number of carbonyl (C=O) groups is 1. The summed E-state index contributed by atoms with van der Waals surface area (Å²) in [6.45, 7) is 2.60. The van der Waals surface area contributed by atoms with Crippen LogP contribution in [0.4, 0.5) is 0 Å². The highest BCUT2D eigenvalue weighted by Crippen LogP contribution is 2.40. The van der Waals surface area contributed by atoms with Crippen LogP contribution in [0.1, 0.15) is 61.3 Å². The summed E-state index contributed by atoms with van der Waals surface area (Å²) in [5.74, 6) is 3.22. The van der Waals surface area contributed by atoms with Gasteiger partial charge in [0.25, 0.3) is 0 Å². The Bertz CT molecular complexity index is 815. The minimum Gasteiger partial charge on any atom is -0.493 e. The molecular weight excluding hydrogens is 334 g/mol. The van der Waals surface area contributed by atoms with Crippen molar-refractivity contribution in [1.29, 1.82) is 0 Å². The predicted molar refractivity (Wildman–Crippen MR) is 93.3 cm³/mol. The lowest BCUT2D eigenvalue weighted by Crippen LogP contribution is -2.28. The van der Waals surface area contributed by atoms with E-state index >= 15 is 0 Å². The van der Waals surface area contributed by atoms with E-state index < -0.39 is 0 Å². The molecule has 1 aliphatic heterocycles. The van der Waals surface area contributed by atoms with Crippen LogP contribution in [0.15, 0.2) is 22.7 Å². The number of ether oxygens (including phenoxy) is 2. The molecule has 1 aliphatic carbocycles. The summed E-state index contributed by atoms with van der Waals surface area (Å²) in [6.07, 6.45) is 2.67.